The predicted octanol–water partition coefficient (Wildman–Crippen LogP) is 5.90. The van der Waals surface area contributed by atoms with Crippen molar-refractivity contribution in [3.05, 3.63) is 58.1 Å². The van der Waals surface area contributed by atoms with Gasteiger partial charge in [-0.1, -0.05) is 53.5 Å². The van der Waals surface area contributed by atoms with E-state index in [1.54, 1.807) is 34.6 Å². The lowest BCUT2D eigenvalue weighted by Crippen LogP contribution is -2.41. The number of aromatic nitrogens is 2. The van der Waals surface area contributed by atoms with Crippen molar-refractivity contribution in [3.63, 3.8) is 0 Å². The minimum Gasteiger partial charge on any atom is -0.411 e. The van der Waals surface area contributed by atoms with E-state index in [4.69, 9.17) is 27.6 Å². The molecule has 1 aliphatic rings. The summed E-state index contributed by atoms with van der Waals surface area (Å²) in [5.41, 5.74) is 1.58. The molecule has 164 valence electrons. The summed E-state index contributed by atoms with van der Waals surface area (Å²) in [7, 11) is -3.47. The monoisotopic (exact) mass is 497 g/mol. The van der Waals surface area contributed by atoms with E-state index in [1.165, 1.54) is 11.8 Å². The van der Waals surface area contributed by atoms with Crippen LogP contribution in [0.5, 0.6) is 0 Å². The standard InChI is InChI=1S/C21H21Cl2N3O3S2/c1-14-4-2-3-11-26(14)31(27,28)17-8-5-15(6-9-17)13-30-21-25-24-20(29-21)18-10-7-16(22)12-19(18)23/h5-10,12,14H,2-4,11,13H2,1H3. The quantitative estimate of drug-likeness (QED) is 0.394. The molecule has 1 aliphatic heterocycles. The molecule has 2 heterocycles. The summed E-state index contributed by atoms with van der Waals surface area (Å²) >= 11 is 13.5. The molecule has 1 aromatic heterocycles. The summed E-state index contributed by atoms with van der Waals surface area (Å²) in [5.74, 6) is 0.887. The van der Waals surface area contributed by atoms with Gasteiger partial charge in [-0.25, -0.2) is 8.42 Å². The van der Waals surface area contributed by atoms with Crippen LogP contribution in [-0.2, 0) is 15.8 Å². The van der Waals surface area contributed by atoms with Gasteiger partial charge in [0, 0.05) is 23.4 Å². The van der Waals surface area contributed by atoms with E-state index in [1.807, 2.05) is 19.1 Å². The number of piperidine rings is 1. The fourth-order valence-electron chi connectivity index (χ4n) is 3.51. The molecule has 0 spiro atoms. The minimum absolute atomic E-state index is 0.0369. The van der Waals surface area contributed by atoms with E-state index in [9.17, 15) is 8.42 Å². The van der Waals surface area contributed by atoms with Crippen molar-refractivity contribution in [1.29, 1.82) is 0 Å². The number of halogens is 2. The van der Waals surface area contributed by atoms with Crippen LogP contribution in [0.25, 0.3) is 11.5 Å². The van der Waals surface area contributed by atoms with Crippen molar-refractivity contribution in [3.8, 4) is 11.5 Å². The fourth-order valence-corrected chi connectivity index (χ4v) is 6.41. The second-order valence-electron chi connectivity index (χ2n) is 7.39. The lowest BCUT2D eigenvalue weighted by molar-refractivity contribution is 0.268. The number of hydrogen-bond donors (Lipinski definition) is 0. The molecule has 4 rings (SSSR count). The Labute approximate surface area is 196 Å². The van der Waals surface area contributed by atoms with Gasteiger partial charge in [0.25, 0.3) is 5.22 Å². The second-order valence-corrected chi connectivity index (χ2v) is 11.1. The molecule has 1 unspecified atom stereocenters. The summed E-state index contributed by atoms with van der Waals surface area (Å²) in [5, 5.41) is 9.46. The van der Waals surface area contributed by atoms with E-state index in [2.05, 4.69) is 10.2 Å². The SMILES string of the molecule is CC1CCCCN1S(=O)(=O)c1ccc(CSc2nnc(-c3ccc(Cl)cc3Cl)o2)cc1. The molecular weight excluding hydrogens is 477 g/mol. The lowest BCUT2D eigenvalue weighted by Gasteiger charge is -2.32. The molecule has 2 aromatic carbocycles. The van der Waals surface area contributed by atoms with Crippen molar-refractivity contribution >= 4 is 45.0 Å². The topological polar surface area (TPSA) is 76.3 Å². The zero-order valence-electron chi connectivity index (χ0n) is 16.8. The van der Waals surface area contributed by atoms with Gasteiger partial charge in [-0.3, -0.25) is 0 Å². The van der Waals surface area contributed by atoms with Gasteiger partial charge >= 0.3 is 0 Å². The Hall–Kier alpha value is -1.58. The highest BCUT2D eigenvalue weighted by Crippen LogP contribution is 2.32. The Morgan fingerprint density at radius 2 is 1.90 bits per heavy atom. The molecule has 0 N–H and O–H groups in total. The highest BCUT2D eigenvalue weighted by Gasteiger charge is 2.30. The van der Waals surface area contributed by atoms with Crippen molar-refractivity contribution in [2.75, 3.05) is 6.54 Å². The molecule has 10 heteroatoms. The number of thioether (sulfide) groups is 1. The largest absolute Gasteiger partial charge is 0.411 e. The van der Waals surface area contributed by atoms with Crippen LogP contribution >= 0.6 is 35.0 Å². The summed E-state index contributed by atoms with van der Waals surface area (Å²) in [4.78, 5) is 0.326. The molecule has 1 saturated heterocycles. The highest BCUT2D eigenvalue weighted by molar-refractivity contribution is 7.98. The summed E-state index contributed by atoms with van der Waals surface area (Å²) in [6.45, 7) is 2.55. The maximum Gasteiger partial charge on any atom is 0.277 e. The highest BCUT2D eigenvalue weighted by atomic mass is 35.5. The number of benzene rings is 2. The van der Waals surface area contributed by atoms with E-state index in [0.29, 0.717) is 43.9 Å². The third-order valence-electron chi connectivity index (χ3n) is 5.20. The average Bonchev–Trinajstić information content (AvgIpc) is 3.21. The molecule has 0 saturated carbocycles. The third-order valence-corrected chi connectivity index (χ3v) is 8.67. The maximum atomic E-state index is 12.9. The van der Waals surface area contributed by atoms with E-state index >= 15 is 0 Å². The van der Waals surface area contributed by atoms with Gasteiger partial charge < -0.3 is 4.42 Å². The van der Waals surface area contributed by atoms with Crippen molar-refractivity contribution < 1.29 is 12.8 Å². The molecule has 1 fully saturated rings. The lowest BCUT2D eigenvalue weighted by atomic mass is 10.1. The Morgan fingerprint density at radius 3 is 2.61 bits per heavy atom. The van der Waals surface area contributed by atoms with Crippen molar-refractivity contribution in [1.82, 2.24) is 14.5 Å². The summed E-state index contributed by atoms with van der Waals surface area (Å²) in [6.07, 6.45) is 2.89. The molecular formula is C21H21Cl2N3O3S2. The fraction of sp³-hybridized carbons (Fsp3) is 0.333. The first-order valence-corrected chi connectivity index (χ1v) is 13.1. The van der Waals surface area contributed by atoms with Crippen LogP contribution in [0, 0.1) is 0 Å². The molecule has 1 atom stereocenters. The average molecular weight is 498 g/mol. The Kier molecular flexibility index (Phi) is 6.93. The molecule has 31 heavy (non-hydrogen) atoms. The first-order valence-electron chi connectivity index (χ1n) is 9.87. The first-order chi connectivity index (χ1) is 14.8. The van der Waals surface area contributed by atoms with Crippen LogP contribution < -0.4 is 0 Å². The summed E-state index contributed by atoms with van der Waals surface area (Å²) in [6, 6.07) is 12.1. The number of rotatable bonds is 6. The maximum absolute atomic E-state index is 12.9. The smallest absolute Gasteiger partial charge is 0.277 e. The number of hydrogen-bond acceptors (Lipinski definition) is 6. The third kappa shape index (κ3) is 5.09. The van der Waals surface area contributed by atoms with Gasteiger partial charge in [0.15, 0.2) is 0 Å². The van der Waals surface area contributed by atoms with Crippen LogP contribution in [0.3, 0.4) is 0 Å². The van der Waals surface area contributed by atoms with Gasteiger partial charge in [0.1, 0.15) is 0 Å². The van der Waals surface area contributed by atoms with E-state index in [0.717, 1.165) is 24.8 Å². The molecule has 0 radical (unpaired) electrons. The molecule has 0 amide bonds. The zero-order chi connectivity index (χ0) is 22.0. The second kappa shape index (κ2) is 9.50. The van der Waals surface area contributed by atoms with E-state index in [-0.39, 0.29) is 6.04 Å². The van der Waals surface area contributed by atoms with Crippen LogP contribution in [-0.4, -0.2) is 35.5 Å². The first kappa shape index (κ1) is 22.6. The van der Waals surface area contributed by atoms with Crippen molar-refractivity contribution in [2.24, 2.45) is 0 Å². The number of sulfonamides is 1. The Morgan fingerprint density at radius 1 is 1.13 bits per heavy atom. The Balaban J connectivity index is 1.42. The van der Waals surface area contributed by atoms with Crippen LogP contribution in [0.1, 0.15) is 31.7 Å². The van der Waals surface area contributed by atoms with Crippen LogP contribution in [0.15, 0.2) is 57.0 Å². The molecule has 3 aromatic rings. The molecule has 0 aliphatic carbocycles. The van der Waals surface area contributed by atoms with Gasteiger partial charge in [-0.15, -0.1) is 10.2 Å². The van der Waals surface area contributed by atoms with Gasteiger partial charge in [-0.05, 0) is 55.7 Å². The molecule has 0 bridgehead atoms. The number of nitrogens with zero attached hydrogens (tertiary/aromatic N) is 3. The predicted molar refractivity (Wildman–Crippen MR) is 123 cm³/mol. The van der Waals surface area contributed by atoms with Crippen LogP contribution in [0.2, 0.25) is 10.0 Å². The summed E-state index contributed by atoms with van der Waals surface area (Å²) < 4.78 is 33.2. The minimum atomic E-state index is -3.47. The Bertz CT molecular complexity index is 1170. The van der Waals surface area contributed by atoms with Gasteiger partial charge in [0.05, 0.1) is 15.5 Å². The normalized spacial score (nSPS) is 17.7. The van der Waals surface area contributed by atoms with Crippen molar-refractivity contribution in [2.45, 2.75) is 48.1 Å². The molecule has 6 nitrogen and oxygen atoms in total. The van der Waals surface area contributed by atoms with E-state index < -0.39 is 10.0 Å². The van der Waals surface area contributed by atoms with Gasteiger partial charge in [-0.2, -0.15) is 4.31 Å². The zero-order valence-corrected chi connectivity index (χ0v) is 19.9. The van der Waals surface area contributed by atoms with Crippen LogP contribution in [0.4, 0.5) is 0 Å². The van der Waals surface area contributed by atoms with Gasteiger partial charge in [0.2, 0.25) is 15.9 Å².